The number of carbonyl (C=O) groups excluding carboxylic acids is 2. The van der Waals surface area contributed by atoms with Crippen LogP contribution in [0.1, 0.15) is 26.5 Å². The molecule has 0 aliphatic heterocycles. The lowest BCUT2D eigenvalue weighted by atomic mass is 10.1. The second kappa shape index (κ2) is 9.52. The van der Waals surface area contributed by atoms with Gasteiger partial charge in [-0.25, -0.2) is 0 Å². The number of anilines is 1. The molecule has 1 heterocycles. The number of amides is 2. The van der Waals surface area contributed by atoms with Gasteiger partial charge in [-0.2, -0.15) is 0 Å². The Morgan fingerprint density at radius 2 is 1.76 bits per heavy atom. The number of para-hydroxylation sites is 1. The summed E-state index contributed by atoms with van der Waals surface area (Å²) < 4.78 is 10.3. The Balaban J connectivity index is 1.62. The molecule has 1 aromatic heterocycles. The molecule has 0 radical (unpaired) electrons. The van der Waals surface area contributed by atoms with Gasteiger partial charge in [0.1, 0.15) is 11.5 Å². The minimum absolute atomic E-state index is 0.0807. The van der Waals surface area contributed by atoms with Gasteiger partial charge in [0.2, 0.25) is 0 Å². The summed E-state index contributed by atoms with van der Waals surface area (Å²) in [7, 11) is 1.55. The molecule has 2 amide bonds. The van der Waals surface area contributed by atoms with Gasteiger partial charge in [0.05, 0.1) is 31.2 Å². The maximum Gasteiger partial charge on any atom is 0.257 e. The highest BCUT2D eigenvalue weighted by Crippen LogP contribution is 2.16. The summed E-state index contributed by atoms with van der Waals surface area (Å²) in [5.74, 6) is 0.626. The molecule has 0 aliphatic carbocycles. The highest BCUT2D eigenvalue weighted by Gasteiger charge is 2.14. The Morgan fingerprint density at radius 1 is 1.00 bits per heavy atom. The second-order valence-corrected chi connectivity index (χ2v) is 6.35. The minimum Gasteiger partial charge on any atom is -0.497 e. The van der Waals surface area contributed by atoms with Gasteiger partial charge in [0.15, 0.2) is 5.11 Å². The number of carbonyl (C=O) groups is 2. The first kappa shape index (κ1) is 20.1. The van der Waals surface area contributed by atoms with Crippen molar-refractivity contribution in [1.82, 2.24) is 10.6 Å². The third-order valence-electron chi connectivity index (χ3n) is 4.00. The molecule has 0 bridgehead atoms. The van der Waals surface area contributed by atoms with Crippen LogP contribution in [0, 0.1) is 0 Å². The Kier molecular flexibility index (Phi) is 6.59. The van der Waals surface area contributed by atoms with Crippen LogP contribution >= 0.6 is 12.2 Å². The number of rotatable bonds is 6. The van der Waals surface area contributed by atoms with E-state index < -0.39 is 0 Å². The van der Waals surface area contributed by atoms with Crippen LogP contribution in [0.5, 0.6) is 5.75 Å². The monoisotopic (exact) mass is 409 g/mol. The first-order valence-electron chi connectivity index (χ1n) is 8.73. The quantitative estimate of drug-likeness (QED) is 0.541. The molecule has 0 aliphatic rings. The van der Waals surface area contributed by atoms with Gasteiger partial charge in [0, 0.05) is 5.56 Å². The molecule has 0 spiro atoms. The van der Waals surface area contributed by atoms with Crippen LogP contribution in [-0.4, -0.2) is 24.0 Å². The summed E-state index contributed by atoms with van der Waals surface area (Å²) in [6, 6.07) is 17.0. The minimum atomic E-state index is -0.370. The fourth-order valence-corrected chi connectivity index (χ4v) is 2.74. The Morgan fingerprint density at radius 3 is 2.45 bits per heavy atom. The Hall–Kier alpha value is -3.65. The van der Waals surface area contributed by atoms with Crippen LogP contribution in [0.25, 0.3) is 0 Å². The van der Waals surface area contributed by atoms with Gasteiger partial charge in [-0.3, -0.25) is 14.9 Å². The predicted molar refractivity (Wildman–Crippen MR) is 113 cm³/mol. The molecule has 0 saturated carbocycles. The molecule has 0 unspecified atom stereocenters. The third-order valence-corrected chi connectivity index (χ3v) is 4.21. The third kappa shape index (κ3) is 5.43. The summed E-state index contributed by atoms with van der Waals surface area (Å²) in [5.41, 5.74) is 1.30. The molecule has 0 fully saturated rings. The van der Waals surface area contributed by atoms with Crippen molar-refractivity contribution < 1.29 is 18.7 Å². The first-order valence-corrected chi connectivity index (χ1v) is 9.13. The molecule has 0 atom stereocenters. The number of thiocarbonyl (C=S) groups is 1. The van der Waals surface area contributed by atoms with Gasteiger partial charge >= 0.3 is 0 Å². The maximum atomic E-state index is 12.5. The van der Waals surface area contributed by atoms with Crippen LogP contribution in [0.4, 0.5) is 5.69 Å². The van der Waals surface area contributed by atoms with Crippen molar-refractivity contribution in [3.8, 4) is 5.75 Å². The van der Waals surface area contributed by atoms with E-state index in [-0.39, 0.29) is 23.5 Å². The van der Waals surface area contributed by atoms with Crippen molar-refractivity contribution in [3.63, 3.8) is 0 Å². The zero-order valence-electron chi connectivity index (χ0n) is 15.6. The van der Waals surface area contributed by atoms with Gasteiger partial charge in [-0.05, 0) is 60.7 Å². The number of ether oxygens (including phenoxy) is 1. The number of nitrogens with one attached hydrogen (secondary N) is 3. The van der Waals surface area contributed by atoms with E-state index >= 15 is 0 Å². The number of benzene rings is 2. The lowest BCUT2D eigenvalue weighted by Gasteiger charge is -2.13. The van der Waals surface area contributed by atoms with Crippen molar-refractivity contribution in [3.05, 3.63) is 83.8 Å². The normalized spacial score (nSPS) is 10.1. The molecule has 0 saturated heterocycles. The number of hydrogen-bond donors (Lipinski definition) is 3. The van der Waals surface area contributed by atoms with E-state index in [1.54, 1.807) is 74.0 Å². The molecule has 148 valence electrons. The van der Waals surface area contributed by atoms with Gasteiger partial charge in [-0.1, -0.05) is 12.1 Å². The fraction of sp³-hybridized carbons (Fsp3) is 0.0952. The Labute approximate surface area is 173 Å². The van der Waals surface area contributed by atoms with Gasteiger partial charge < -0.3 is 19.8 Å². The topological polar surface area (TPSA) is 92.6 Å². The van der Waals surface area contributed by atoms with Gasteiger partial charge in [0.25, 0.3) is 11.8 Å². The molecule has 2 aromatic carbocycles. The van der Waals surface area contributed by atoms with Crippen LogP contribution in [0.3, 0.4) is 0 Å². The summed E-state index contributed by atoms with van der Waals surface area (Å²) in [6.45, 7) is 0.263. The van der Waals surface area contributed by atoms with E-state index in [4.69, 9.17) is 21.4 Å². The van der Waals surface area contributed by atoms with E-state index in [9.17, 15) is 9.59 Å². The van der Waals surface area contributed by atoms with Crippen LogP contribution in [0.15, 0.2) is 71.3 Å². The standard InChI is InChI=1S/C21H19N3O4S/c1-27-15-10-8-14(9-11-15)19(25)24-21(29)23-18-7-3-2-6-17(18)20(26)22-13-16-5-4-12-28-16/h2-12H,13H2,1H3,(H,22,26)(H2,23,24,25,29). The predicted octanol–water partition coefficient (Wildman–Crippen LogP) is 3.35. The van der Waals surface area contributed by atoms with Crippen molar-refractivity contribution in [2.24, 2.45) is 0 Å². The number of furan rings is 1. The molecule has 3 N–H and O–H groups in total. The van der Waals surface area contributed by atoms with E-state index in [1.165, 1.54) is 0 Å². The lowest BCUT2D eigenvalue weighted by Crippen LogP contribution is -2.35. The van der Waals surface area contributed by atoms with Crippen LogP contribution < -0.4 is 20.7 Å². The summed E-state index contributed by atoms with van der Waals surface area (Å²) in [5, 5.41) is 8.35. The van der Waals surface area contributed by atoms with Gasteiger partial charge in [-0.15, -0.1) is 0 Å². The zero-order valence-corrected chi connectivity index (χ0v) is 16.4. The molecule has 7 nitrogen and oxygen atoms in total. The fourth-order valence-electron chi connectivity index (χ4n) is 2.54. The zero-order chi connectivity index (χ0) is 20.6. The van der Waals surface area contributed by atoms with Crippen LogP contribution in [0.2, 0.25) is 0 Å². The van der Waals surface area contributed by atoms with Crippen molar-refractivity contribution >= 4 is 34.8 Å². The highest BCUT2D eigenvalue weighted by atomic mass is 32.1. The van der Waals surface area contributed by atoms with E-state index in [0.717, 1.165) is 0 Å². The Bertz CT molecular complexity index is 1000. The second-order valence-electron chi connectivity index (χ2n) is 5.94. The van der Waals surface area contributed by atoms with Crippen molar-refractivity contribution in [2.75, 3.05) is 12.4 Å². The SMILES string of the molecule is COc1ccc(C(=O)NC(=S)Nc2ccccc2C(=O)NCc2ccco2)cc1. The van der Waals surface area contributed by atoms with E-state index in [0.29, 0.717) is 28.3 Å². The van der Waals surface area contributed by atoms with Crippen molar-refractivity contribution in [2.45, 2.75) is 6.54 Å². The molecule has 8 heteroatoms. The van der Waals surface area contributed by atoms with E-state index in [2.05, 4.69) is 16.0 Å². The average molecular weight is 409 g/mol. The smallest absolute Gasteiger partial charge is 0.257 e. The molecule has 3 aromatic rings. The van der Waals surface area contributed by atoms with Crippen LogP contribution in [-0.2, 0) is 6.54 Å². The maximum absolute atomic E-state index is 12.5. The molecule has 3 rings (SSSR count). The summed E-state index contributed by atoms with van der Waals surface area (Å²) >= 11 is 5.22. The number of methoxy groups -OCH3 is 1. The highest BCUT2D eigenvalue weighted by molar-refractivity contribution is 7.80. The summed E-state index contributed by atoms with van der Waals surface area (Å²) in [6.07, 6.45) is 1.54. The largest absolute Gasteiger partial charge is 0.497 e. The lowest BCUT2D eigenvalue weighted by molar-refractivity contribution is 0.0947. The van der Waals surface area contributed by atoms with E-state index in [1.807, 2.05) is 0 Å². The summed E-state index contributed by atoms with van der Waals surface area (Å²) in [4.78, 5) is 24.8. The molecular weight excluding hydrogens is 390 g/mol. The van der Waals surface area contributed by atoms with Crippen molar-refractivity contribution in [1.29, 1.82) is 0 Å². The first-order chi connectivity index (χ1) is 14.1. The average Bonchev–Trinajstić information content (AvgIpc) is 3.26. The molecule has 29 heavy (non-hydrogen) atoms. The molecular formula is C21H19N3O4S. The number of hydrogen-bond acceptors (Lipinski definition) is 5.